The van der Waals surface area contributed by atoms with Crippen LogP contribution in [0.15, 0.2) is 41.1 Å². The first-order valence-electron chi connectivity index (χ1n) is 5.68. The molecule has 0 saturated heterocycles. The third-order valence-electron chi connectivity index (χ3n) is 2.66. The van der Waals surface area contributed by atoms with Crippen LogP contribution >= 0.6 is 11.6 Å². The van der Waals surface area contributed by atoms with Crippen LogP contribution in [0.2, 0.25) is 5.02 Å². The van der Waals surface area contributed by atoms with Crippen molar-refractivity contribution in [2.45, 2.75) is 0 Å². The van der Waals surface area contributed by atoms with Gasteiger partial charge in [-0.05, 0) is 30.3 Å². The Labute approximate surface area is 118 Å². The minimum absolute atomic E-state index is 0.00727. The van der Waals surface area contributed by atoms with E-state index in [-0.39, 0.29) is 11.4 Å². The van der Waals surface area contributed by atoms with Crippen LogP contribution in [-0.2, 0) is 0 Å². The fraction of sp³-hybridized carbons (Fsp3) is 0. The molecule has 2 heterocycles. The fourth-order valence-electron chi connectivity index (χ4n) is 1.64. The van der Waals surface area contributed by atoms with Crippen molar-refractivity contribution in [1.29, 1.82) is 0 Å². The maximum absolute atomic E-state index is 9.39. The third-order valence-corrected chi connectivity index (χ3v) is 2.88. The van der Waals surface area contributed by atoms with Gasteiger partial charge in [-0.25, -0.2) is 0 Å². The van der Waals surface area contributed by atoms with Crippen molar-refractivity contribution >= 4 is 17.3 Å². The van der Waals surface area contributed by atoms with Gasteiger partial charge in [-0.2, -0.15) is 4.98 Å². The quantitative estimate of drug-likeness (QED) is 0.556. The maximum atomic E-state index is 9.39. The second-order valence-electron chi connectivity index (χ2n) is 4.06. The lowest BCUT2D eigenvalue weighted by Gasteiger charge is -1.99. The van der Waals surface area contributed by atoms with Crippen molar-refractivity contribution in [2.75, 3.05) is 5.73 Å². The van der Waals surface area contributed by atoms with Crippen LogP contribution in [0.25, 0.3) is 23.0 Å². The molecule has 2 aromatic heterocycles. The van der Waals surface area contributed by atoms with Gasteiger partial charge >= 0.3 is 0 Å². The average Bonchev–Trinajstić information content (AvgIpc) is 2.92. The van der Waals surface area contributed by atoms with Crippen LogP contribution in [0.1, 0.15) is 0 Å². The number of aromatic nitrogens is 3. The summed E-state index contributed by atoms with van der Waals surface area (Å²) < 4.78 is 5.16. The first kappa shape index (κ1) is 12.4. The summed E-state index contributed by atoms with van der Waals surface area (Å²) in [5.41, 5.74) is 7.04. The van der Waals surface area contributed by atoms with Gasteiger partial charge in [0.05, 0.1) is 10.7 Å². The number of phenolic OH excluding ortho intramolecular Hbond substituents is 1. The third kappa shape index (κ3) is 2.28. The Morgan fingerprint density at radius 1 is 1.20 bits per heavy atom. The van der Waals surface area contributed by atoms with Gasteiger partial charge in [-0.1, -0.05) is 16.8 Å². The predicted octanol–water partition coefficient (Wildman–Crippen LogP) is 2.74. The molecular weight excluding hydrogens is 280 g/mol. The Morgan fingerprint density at radius 3 is 2.75 bits per heavy atom. The first-order valence-corrected chi connectivity index (χ1v) is 6.06. The Balaban J connectivity index is 1.97. The van der Waals surface area contributed by atoms with Gasteiger partial charge in [-0.15, -0.1) is 0 Å². The summed E-state index contributed by atoms with van der Waals surface area (Å²) in [6.45, 7) is 0. The molecule has 0 bridgehead atoms. The van der Waals surface area contributed by atoms with Crippen molar-refractivity contribution in [2.24, 2.45) is 0 Å². The number of pyridine rings is 1. The SMILES string of the molecule is Nc1cc(-c2nc(-c3ccc(Cl)cn3)no2)ccc1O. The molecule has 3 aromatic rings. The van der Waals surface area contributed by atoms with Gasteiger partial charge in [-0.3, -0.25) is 4.98 Å². The van der Waals surface area contributed by atoms with Crippen LogP contribution in [0.4, 0.5) is 5.69 Å². The van der Waals surface area contributed by atoms with Gasteiger partial charge in [0.2, 0.25) is 5.82 Å². The van der Waals surface area contributed by atoms with E-state index in [1.54, 1.807) is 24.3 Å². The van der Waals surface area contributed by atoms with E-state index < -0.39 is 0 Å². The summed E-state index contributed by atoms with van der Waals surface area (Å²) in [4.78, 5) is 8.34. The zero-order chi connectivity index (χ0) is 14.1. The number of nitrogens with zero attached hydrogens (tertiary/aromatic N) is 3. The highest BCUT2D eigenvalue weighted by Gasteiger charge is 2.12. The van der Waals surface area contributed by atoms with E-state index in [0.29, 0.717) is 28.0 Å². The van der Waals surface area contributed by atoms with E-state index in [0.717, 1.165) is 0 Å². The number of nitrogen functional groups attached to an aromatic ring is 1. The van der Waals surface area contributed by atoms with Gasteiger partial charge in [0.25, 0.3) is 5.89 Å². The van der Waals surface area contributed by atoms with Crippen molar-refractivity contribution < 1.29 is 9.63 Å². The number of hydrogen-bond acceptors (Lipinski definition) is 6. The molecule has 100 valence electrons. The van der Waals surface area contributed by atoms with Gasteiger partial charge in [0.15, 0.2) is 0 Å². The van der Waals surface area contributed by atoms with Crippen LogP contribution in [-0.4, -0.2) is 20.2 Å². The standard InChI is InChI=1S/C13H9ClN4O2/c14-8-2-3-10(16-6-8)12-17-13(20-18-12)7-1-4-11(19)9(15)5-7/h1-6,19H,15H2. The minimum Gasteiger partial charge on any atom is -0.506 e. The van der Waals surface area contributed by atoms with Crippen molar-refractivity contribution in [1.82, 2.24) is 15.1 Å². The minimum atomic E-state index is 0.00727. The molecule has 0 aliphatic carbocycles. The number of aromatic hydroxyl groups is 1. The lowest BCUT2D eigenvalue weighted by atomic mass is 10.2. The molecule has 7 heteroatoms. The number of benzene rings is 1. The summed E-state index contributed by atoms with van der Waals surface area (Å²) in [6, 6.07) is 8.05. The Kier molecular flexibility index (Phi) is 3.00. The maximum Gasteiger partial charge on any atom is 0.258 e. The van der Waals surface area contributed by atoms with Crippen molar-refractivity contribution in [3.63, 3.8) is 0 Å². The smallest absolute Gasteiger partial charge is 0.258 e. The Bertz CT molecular complexity index is 755. The number of rotatable bonds is 2. The van der Waals surface area contributed by atoms with Crippen molar-refractivity contribution in [3.05, 3.63) is 41.6 Å². The zero-order valence-electron chi connectivity index (χ0n) is 10.1. The molecule has 0 aliphatic rings. The molecular formula is C13H9ClN4O2. The molecule has 20 heavy (non-hydrogen) atoms. The second kappa shape index (κ2) is 4.82. The molecule has 6 nitrogen and oxygen atoms in total. The van der Waals surface area contributed by atoms with Crippen molar-refractivity contribution in [3.8, 4) is 28.7 Å². The number of hydrogen-bond donors (Lipinski definition) is 2. The van der Waals surface area contributed by atoms with E-state index in [4.69, 9.17) is 21.9 Å². The van der Waals surface area contributed by atoms with E-state index in [9.17, 15) is 5.11 Å². The molecule has 0 amide bonds. The van der Waals surface area contributed by atoms with Gasteiger partial charge < -0.3 is 15.4 Å². The molecule has 0 unspecified atom stereocenters. The van der Waals surface area contributed by atoms with Crippen LogP contribution in [0.5, 0.6) is 5.75 Å². The van der Waals surface area contributed by atoms with E-state index in [1.807, 2.05) is 0 Å². The van der Waals surface area contributed by atoms with E-state index in [1.165, 1.54) is 12.3 Å². The van der Waals surface area contributed by atoms with Gasteiger partial charge in [0, 0.05) is 11.8 Å². The molecule has 0 spiro atoms. The van der Waals surface area contributed by atoms with Crippen LogP contribution in [0.3, 0.4) is 0 Å². The lowest BCUT2D eigenvalue weighted by Crippen LogP contribution is -1.87. The summed E-state index contributed by atoms with van der Waals surface area (Å²) in [7, 11) is 0. The lowest BCUT2D eigenvalue weighted by molar-refractivity contribution is 0.432. The van der Waals surface area contributed by atoms with Gasteiger partial charge in [0.1, 0.15) is 11.4 Å². The second-order valence-corrected chi connectivity index (χ2v) is 4.49. The van der Waals surface area contributed by atoms with Crippen LogP contribution in [0, 0.1) is 0 Å². The highest BCUT2D eigenvalue weighted by Crippen LogP contribution is 2.27. The first-order chi connectivity index (χ1) is 9.63. The molecule has 0 radical (unpaired) electrons. The number of anilines is 1. The highest BCUT2D eigenvalue weighted by atomic mass is 35.5. The molecule has 0 fully saturated rings. The monoisotopic (exact) mass is 288 g/mol. The van der Waals surface area contributed by atoms with E-state index in [2.05, 4.69) is 15.1 Å². The topological polar surface area (TPSA) is 98.1 Å². The fourth-order valence-corrected chi connectivity index (χ4v) is 1.75. The predicted molar refractivity (Wildman–Crippen MR) is 74.1 cm³/mol. The number of halogens is 1. The molecule has 0 atom stereocenters. The Morgan fingerprint density at radius 2 is 2.05 bits per heavy atom. The number of nitrogens with two attached hydrogens (primary N) is 1. The summed E-state index contributed by atoms with van der Waals surface area (Å²) in [5, 5.41) is 13.8. The molecule has 0 saturated carbocycles. The zero-order valence-corrected chi connectivity index (χ0v) is 10.9. The summed E-state index contributed by atoms with van der Waals surface area (Å²) in [6.07, 6.45) is 1.51. The number of phenols is 1. The molecule has 0 aliphatic heterocycles. The van der Waals surface area contributed by atoms with E-state index >= 15 is 0 Å². The molecule has 3 rings (SSSR count). The molecule has 1 aromatic carbocycles. The summed E-state index contributed by atoms with van der Waals surface area (Å²) in [5.74, 6) is 0.652. The highest BCUT2D eigenvalue weighted by molar-refractivity contribution is 6.30. The summed E-state index contributed by atoms with van der Waals surface area (Å²) >= 11 is 5.77. The molecule has 3 N–H and O–H groups in total. The Hall–Kier alpha value is -2.60. The largest absolute Gasteiger partial charge is 0.506 e. The average molecular weight is 289 g/mol. The van der Waals surface area contributed by atoms with Crippen LogP contribution < -0.4 is 5.73 Å². The normalized spacial score (nSPS) is 10.7.